The second kappa shape index (κ2) is 7.03. The molecule has 0 N–H and O–H groups in total. The Morgan fingerprint density at radius 1 is 1.14 bits per heavy atom. The summed E-state index contributed by atoms with van der Waals surface area (Å²) < 4.78 is 1.15. The van der Waals surface area contributed by atoms with Gasteiger partial charge in [0.15, 0.2) is 0 Å². The molecule has 0 aromatic heterocycles. The molecule has 22 heavy (non-hydrogen) atoms. The zero-order valence-electron chi connectivity index (χ0n) is 13.0. The van der Waals surface area contributed by atoms with Crippen LogP contribution in [0.3, 0.4) is 0 Å². The first-order chi connectivity index (χ1) is 10.6. The summed E-state index contributed by atoms with van der Waals surface area (Å²) in [6.07, 6.45) is 3.46. The molecule has 1 aliphatic heterocycles. The van der Waals surface area contributed by atoms with E-state index in [4.69, 9.17) is 0 Å². The molecule has 0 spiro atoms. The van der Waals surface area contributed by atoms with E-state index < -0.39 is 0 Å². The fourth-order valence-electron chi connectivity index (χ4n) is 2.73. The fraction of sp³-hybridized carbons (Fsp3) is 0.263. The number of nitrogens with zero attached hydrogens (tertiary/aromatic N) is 1. The molecule has 2 aromatic carbocycles. The molecule has 3 heteroatoms. The largest absolute Gasteiger partial charge is 0.309 e. The lowest BCUT2D eigenvalue weighted by atomic mass is 9.93. The molecule has 1 heterocycles. The third kappa shape index (κ3) is 3.48. The average Bonchev–Trinajstić information content (AvgIpc) is 2.65. The van der Waals surface area contributed by atoms with Gasteiger partial charge in [0.2, 0.25) is 0 Å². The highest BCUT2D eigenvalue weighted by molar-refractivity contribution is 9.10. The summed E-state index contributed by atoms with van der Waals surface area (Å²) in [6.45, 7) is 1.07. The number of benzene rings is 2. The van der Waals surface area contributed by atoms with Crippen LogP contribution in [-0.4, -0.2) is 25.5 Å². The van der Waals surface area contributed by atoms with E-state index in [1.807, 2.05) is 11.8 Å². The van der Waals surface area contributed by atoms with Gasteiger partial charge in [-0.05, 0) is 61.0 Å². The maximum atomic E-state index is 3.63. The van der Waals surface area contributed by atoms with E-state index in [2.05, 4.69) is 83.5 Å². The van der Waals surface area contributed by atoms with Crippen molar-refractivity contribution in [3.05, 3.63) is 69.7 Å². The van der Waals surface area contributed by atoms with Crippen LogP contribution in [0.4, 0.5) is 0 Å². The molecule has 0 fully saturated rings. The lowest BCUT2D eigenvalue weighted by molar-refractivity contribution is 0.417. The number of hydrogen-bond acceptors (Lipinski definition) is 2. The first-order valence-electron chi connectivity index (χ1n) is 7.51. The highest BCUT2D eigenvalue weighted by Gasteiger charge is 2.18. The molecule has 1 aliphatic rings. The Morgan fingerprint density at radius 3 is 2.77 bits per heavy atom. The normalized spacial score (nSPS) is 15.5. The van der Waals surface area contributed by atoms with Crippen molar-refractivity contribution in [1.82, 2.24) is 4.90 Å². The Labute approximate surface area is 145 Å². The Balaban J connectivity index is 2.10. The summed E-state index contributed by atoms with van der Waals surface area (Å²) in [5.41, 5.74) is 5.52. The fourth-order valence-corrected chi connectivity index (χ4v) is 4.16. The maximum absolute atomic E-state index is 3.63. The summed E-state index contributed by atoms with van der Waals surface area (Å²) in [5.74, 6) is 1.03. The molecule has 0 saturated heterocycles. The van der Waals surface area contributed by atoms with Crippen LogP contribution in [-0.2, 0) is 5.75 Å². The number of hydrogen-bond donors (Lipinski definition) is 0. The van der Waals surface area contributed by atoms with E-state index in [0.29, 0.717) is 0 Å². The van der Waals surface area contributed by atoms with Gasteiger partial charge in [-0.2, -0.15) is 0 Å². The van der Waals surface area contributed by atoms with Crippen molar-refractivity contribution in [1.29, 1.82) is 0 Å². The molecule has 114 valence electrons. The Morgan fingerprint density at radius 2 is 1.95 bits per heavy atom. The van der Waals surface area contributed by atoms with Crippen LogP contribution in [0.25, 0.3) is 5.57 Å². The minimum absolute atomic E-state index is 1.03. The Bertz CT molecular complexity index is 706. The van der Waals surface area contributed by atoms with Gasteiger partial charge < -0.3 is 4.90 Å². The van der Waals surface area contributed by atoms with Crippen molar-refractivity contribution in [2.75, 3.05) is 20.6 Å². The second-order valence-corrected chi connectivity index (χ2v) is 7.73. The standard InChI is InChI=1S/C19H20BrNS/c1-21(2)11-5-7-16-17-6-3-4-8-19(17)22-13-14-9-10-15(20)12-18(14)16/h3-4,6-10,12H,5,11,13H2,1-2H3. The molecule has 0 unspecified atom stereocenters. The van der Waals surface area contributed by atoms with Crippen LogP contribution >= 0.6 is 27.7 Å². The van der Waals surface area contributed by atoms with Crippen LogP contribution in [0.5, 0.6) is 0 Å². The SMILES string of the molecule is CN(C)CCC=C1c2cc(Br)ccc2CSc2ccccc21. The lowest BCUT2D eigenvalue weighted by Crippen LogP contribution is -2.12. The van der Waals surface area contributed by atoms with Gasteiger partial charge in [-0.15, -0.1) is 11.8 Å². The van der Waals surface area contributed by atoms with Gasteiger partial charge in [0.1, 0.15) is 0 Å². The van der Waals surface area contributed by atoms with Crippen molar-refractivity contribution in [2.45, 2.75) is 17.1 Å². The molecule has 0 radical (unpaired) electrons. The number of rotatable bonds is 3. The zero-order valence-corrected chi connectivity index (χ0v) is 15.4. The van der Waals surface area contributed by atoms with Crippen LogP contribution < -0.4 is 0 Å². The van der Waals surface area contributed by atoms with Crippen LogP contribution in [0.2, 0.25) is 0 Å². The van der Waals surface area contributed by atoms with Crippen LogP contribution in [0.15, 0.2) is 57.9 Å². The van der Waals surface area contributed by atoms with Gasteiger partial charge in [-0.1, -0.05) is 46.3 Å². The average molecular weight is 374 g/mol. The molecule has 2 aromatic rings. The van der Waals surface area contributed by atoms with Gasteiger partial charge in [0.25, 0.3) is 0 Å². The van der Waals surface area contributed by atoms with E-state index in [-0.39, 0.29) is 0 Å². The summed E-state index contributed by atoms with van der Waals surface area (Å²) in [5, 5.41) is 0. The van der Waals surface area contributed by atoms with Crippen molar-refractivity contribution < 1.29 is 0 Å². The van der Waals surface area contributed by atoms with E-state index in [1.54, 1.807) is 0 Å². The first kappa shape index (κ1) is 15.9. The molecule has 0 atom stereocenters. The number of halogens is 1. The van der Waals surface area contributed by atoms with Gasteiger partial charge in [0, 0.05) is 21.7 Å². The Hall–Kier alpha value is -1.03. The first-order valence-corrected chi connectivity index (χ1v) is 9.29. The van der Waals surface area contributed by atoms with E-state index in [0.717, 1.165) is 23.2 Å². The molecule has 3 rings (SSSR count). The summed E-state index contributed by atoms with van der Waals surface area (Å²) in [7, 11) is 4.25. The van der Waals surface area contributed by atoms with Crippen molar-refractivity contribution >= 4 is 33.3 Å². The molecule has 0 bridgehead atoms. The smallest absolute Gasteiger partial charge is 0.0238 e. The lowest BCUT2D eigenvalue weighted by Gasteiger charge is -2.13. The number of thioether (sulfide) groups is 1. The predicted molar refractivity (Wildman–Crippen MR) is 100 cm³/mol. The van der Waals surface area contributed by atoms with Crippen molar-refractivity contribution in [3.8, 4) is 0 Å². The van der Waals surface area contributed by atoms with E-state index >= 15 is 0 Å². The van der Waals surface area contributed by atoms with Gasteiger partial charge >= 0.3 is 0 Å². The summed E-state index contributed by atoms with van der Waals surface area (Å²) in [6, 6.07) is 15.4. The zero-order chi connectivity index (χ0) is 15.5. The maximum Gasteiger partial charge on any atom is 0.0238 e. The van der Waals surface area contributed by atoms with Gasteiger partial charge in [0.05, 0.1) is 0 Å². The third-order valence-corrected chi connectivity index (χ3v) is 5.46. The summed E-state index contributed by atoms with van der Waals surface area (Å²) in [4.78, 5) is 3.61. The van der Waals surface area contributed by atoms with Gasteiger partial charge in [-0.3, -0.25) is 0 Å². The highest BCUT2D eigenvalue weighted by Crippen LogP contribution is 2.40. The molecule has 1 nitrogen and oxygen atoms in total. The quantitative estimate of drug-likeness (QED) is 0.704. The van der Waals surface area contributed by atoms with E-state index in [1.165, 1.54) is 27.2 Å². The third-order valence-electron chi connectivity index (χ3n) is 3.85. The second-order valence-electron chi connectivity index (χ2n) is 5.80. The number of fused-ring (bicyclic) bond motifs is 2. The van der Waals surface area contributed by atoms with Crippen LogP contribution in [0, 0.1) is 0 Å². The topological polar surface area (TPSA) is 3.24 Å². The molecular weight excluding hydrogens is 354 g/mol. The summed E-state index contributed by atoms with van der Waals surface area (Å²) >= 11 is 5.57. The minimum atomic E-state index is 1.03. The predicted octanol–water partition coefficient (Wildman–Crippen LogP) is 5.44. The van der Waals surface area contributed by atoms with E-state index in [9.17, 15) is 0 Å². The Kier molecular flexibility index (Phi) is 5.07. The molecular formula is C19H20BrNS. The highest BCUT2D eigenvalue weighted by atomic mass is 79.9. The van der Waals surface area contributed by atoms with Crippen LogP contribution in [0.1, 0.15) is 23.1 Å². The molecule has 0 amide bonds. The van der Waals surface area contributed by atoms with Gasteiger partial charge in [-0.25, -0.2) is 0 Å². The minimum Gasteiger partial charge on any atom is -0.309 e. The monoisotopic (exact) mass is 373 g/mol. The van der Waals surface area contributed by atoms with Crippen molar-refractivity contribution in [2.24, 2.45) is 0 Å². The van der Waals surface area contributed by atoms with Crippen molar-refractivity contribution in [3.63, 3.8) is 0 Å². The molecule has 0 saturated carbocycles. The molecule has 0 aliphatic carbocycles.